The highest BCUT2D eigenvalue weighted by molar-refractivity contribution is 7.14. The third-order valence-corrected chi connectivity index (χ3v) is 13.6. The zero-order valence-corrected chi connectivity index (χ0v) is 39.6. The molecule has 27 nitrogen and oxygen atoms in total. The number of carbonyl (C=O) groups is 2. The first-order valence-electron chi connectivity index (χ1n) is 23.1. The summed E-state index contributed by atoms with van der Waals surface area (Å²) in [7, 11) is 0. The molecule has 0 bridgehead atoms. The van der Waals surface area contributed by atoms with Crippen LogP contribution in [0, 0.1) is 0 Å². The Morgan fingerprint density at radius 3 is 2.01 bits per heavy atom. The van der Waals surface area contributed by atoms with E-state index in [0.29, 0.717) is 33.5 Å². The van der Waals surface area contributed by atoms with E-state index < -0.39 is 116 Å². The van der Waals surface area contributed by atoms with E-state index in [0.717, 1.165) is 5.56 Å². The second kappa shape index (κ2) is 23.2. The Labute approximate surface area is 415 Å². The van der Waals surface area contributed by atoms with Crippen LogP contribution in [-0.4, -0.2) is 192 Å². The number of aliphatic hydroxyl groups is 6. The van der Waals surface area contributed by atoms with E-state index in [4.69, 9.17) is 67.6 Å². The maximum atomic E-state index is 13.2. The van der Waals surface area contributed by atoms with Crippen LogP contribution in [0.5, 0.6) is 5.75 Å². The average molecular weight is 1030 g/mol. The smallest absolute Gasteiger partial charge is 0.255 e. The van der Waals surface area contributed by atoms with E-state index in [1.54, 1.807) is 54.0 Å². The summed E-state index contributed by atoms with van der Waals surface area (Å²) in [6, 6.07) is 9.14. The lowest BCUT2D eigenvalue weighted by atomic mass is 9.84. The lowest BCUT2D eigenvalue weighted by molar-refractivity contribution is -0.306. The van der Waals surface area contributed by atoms with Gasteiger partial charge in [0.25, 0.3) is 5.91 Å². The second-order valence-corrected chi connectivity index (χ2v) is 18.9. The highest BCUT2D eigenvalue weighted by Gasteiger charge is 2.54. The number of nitrogens with two attached hydrogens (primary N) is 6. The normalized spacial score (nSPS) is 36.0. The molecule has 20 N–H and O–H groups in total. The Hall–Kier alpha value is -4.77. The first kappa shape index (κ1) is 53.5. The van der Waals surface area contributed by atoms with Crippen LogP contribution in [0.25, 0.3) is 11.3 Å². The van der Waals surface area contributed by atoms with E-state index in [9.17, 15) is 40.2 Å². The molecule has 2 aromatic heterocycles. The van der Waals surface area contributed by atoms with Gasteiger partial charge in [-0.2, -0.15) is 0 Å². The van der Waals surface area contributed by atoms with Gasteiger partial charge in [-0.15, -0.1) is 16.4 Å². The van der Waals surface area contributed by atoms with E-state index >= 15 is 0 Å². The van der Waals surface area contributed by atoms with Crippen molar-refractivity contribution in [3.05, 3.63) is 71.4 Å². The molecule has 0 radical (unpaired) electrons. The molecule has 4 unspecified atom stereocenters. The molecule has 2 aromatic carbocycles. The van der Waals surface area contributed by atoms with Gasteiger partial charge in [0.1, 0.15) is 85.2 Å². The van der Waals surface area contributed by atoms with E-state index in [2.05, 4.69) is 25.9 Å². The second-order valence-electron chi connectivity index (χ2n) is 18.1. The maximum Gasteiger partial charge on any atom is 0.255 e. The highest BCUT2D eigenvalue weighted by atomic mass is 32.1. The van der Waals surface area contributed by atoms with Gasteiger partial charge < -0.3 is 109 Å². The molecular weight excluding hydrogens is 969 g/mol. The molecule has 72 heavy (non-hydrogen) atoms. The van der Waals surface area contributed by atoms with Crippen LogP contribution in [0.3, 0.4) is 0 Å². The Kier molecular flexibility index (Phi) is 17.2. The van der Waals surface area contributed by atoms with Crippen LogP contribution >= 0.6 is 11.3 Å². The molecule has 8 rings (SSSR count). The summed E-state index contributed by atoms with van der Waals surface area (Å²) in [6.45, 7) is 0.806. The van der Waals surface area contributed by atoms with Gasteiger partial charge in [0.15, 0.2) is 24.0 Å². The first-order chi connectivity index (χ1) is 34.4. The molecule has 1 saturated carbocycles. The minimum absolute atomic E-state index is 0.0477. The van der Waals surface area contributed by atoms with Crippen LogP contribution in [0.15, 0.2) is 60.1 Å². The van der Waals surface area contributed by atoms with Gasteiger partial charge in [-0.1, -0.05) is 17.3 Å². The number of hydrogen-bond acceptors (Lipinski definition) is 25. The van der Waals surface area contributed by atoms with Crippen molar-refractivity contribution >= 4 is 34.0 Å². The van der Waals surface area contributed by atoms with Crippen molar-refractivity contribution in [2.45, 2.75) is 143 Å². The molecule has 3 saturated heterocycles. The number of aliphatic hydroxyl groups excluding tert-OH is 6. The zero-order valence-electron chi connectivity index (χ0n) is 38.8. The van der Waals surface area contributed by atoms with Gasteiger partial charge in [-0.05, 0) is 42.8 Å². The van der Waals surface area contributed by atoms with E-state index in [-0.39, 0.29) is 44.5 Å². The van der Waals surface area contributed by atoms with Gasteiger partial charge in [0.2, 0.25) is 5.91 Å². The lowest BCUT2D eigenvalue weighted by Crippen LogP contribution is -2.68. The molecule has 1 aliphatic carbocycles. The van der Waals surface area contributed by atoms with Crippen molar-refractivity contribution in [2.24, 2.45) is 34.4 Å². The largest absolute Gasteiger partial charge is 0.487 e. The molecule has 3 aliphatic heterocycles. The first-order valence-corrected chi connectivity index (χ1v) is 24.0. The fourth-order valence-corrected chi connectivity index (χ4v) is 9.62. The van der Waals surface area contributed by atoms with Crippen LogP contribution in [-0.2, 0) is 46.4 Å². The average Bonchev–Trinajstić information content (AvgIpc) is 4.10. The third-order valence-electron chi connectivity index (χ3n) is 12.9. The zero-order chi connectivity index (χ0) is 51.5. The van der Waals surface area contributed by atoms with Gasteiger partial charge in [0, 0.05) is 54.3 Å². The molecule has 4 aliphatic rings. The van der Waals surface area contributed by atoms with Gasteiger partial charge in [0.05, 0.1) is 36.6 Å². The van der Waals surface area contributed by atoms with Crippen LogP contribution in [0.2, 0.25) is 0 Å². The molecule has 5 heterocycles. The van der Waals surface area contributed by atoms with E-state index in [1.165, 1.54) is 22.9 Å². The molecule has 2 amide bonds. The fraction of sp³-hybridized carbons (Fsp3) is 0.568. The van der Waals surface area contributed by atoms with Gasteiger partial charge >= 0.3 is 0 Å². The molecule has 4 aromatic rings. The van der Waals surface area contributed by atoms with Crippen LogP contribution in [0.4, 0.5) is 10.8 Å². The van der Waals surface area contributed by atoms with Crippen molar-refractivity contribution in [2.75, 3.05) is 23.7 Å². The van der Waals surface area contributed by atoms with E-state index in [1.807, 2.05) is 6.07 Å². The number of benzene rings is 2. The monoisotopic (exact) mass is 1030 g/mol. The summed E-state index contributed by atoms with van der Waals surface area (Å²) in [4.78, 5) is 29.0. The van der Waals surface area contributed by atoms with Crippen molar-refractivity contribution in [3.63, 3.8) is 0 Å². The number of amides is 2. The number of hydrogen-bond donors (Lipinski definition) is 14. The Bertz CT molecular complexity index is 2440. The molecule has 394 valence electrons. The predicted octanol–water partition coefficient (Wildman–Crippen LogP) is -4.68. The minimum Gasteiger partial charge on any atom is -0.487 e. The summed E-state index contributed by atoms with van der Waals surface area (Å²) in [5.41, 5.74) is 39.4. The summed E-state index contributed by atoms with van der Waals surface area (Å²) < 4.78 is 43.9. The summed E-state index contributed by atoms with van der Waals surface area (Å²) in [5.74, 6) is -0.175. The Morgan fingerprint density at radius 1 is 0.750 bits per heavy atom. The van der Waals surface area contributed by atoms with Crippen LogP contribution < -0.4 is 49.8 Å². The van der Waals surface area contributed by atoms with Crippen molar-refractivity contribution in [3.8, 4) is 17.0 Å². The van der Waals surface area contributed by atoms with Gasteiger partial charge in [-0.3, -0.25) is 9.59 Å². The minimum atomic E-state index is -1.67. The summed E-state index contributed by atoms with van der Waals surface area (Å²) >= 11 is 1.29. The van der Waals surface area contributed by atoms with Gasteiger partial charge in [-0.25, -0.2) is 9.67 Å². The molecule has 28 heteroatoms. The number of nitrogens with one attached hydrogen (secondary N) is 2. The Morgan fingerprint density at radius 2 is 1.38 bits per heavy atom. The predicted molar refractivity (Wildman–Crippen MR) is 252 cm³/mol. The number of rotatable bonds is 17. The quantitative estimate of drug-likeness (QED) is 0.0473. The summed E-state index contributed by atoms with van der Waals surface area (Å²) in [5, 5.41) is 81.8. The standard InChI is InChI=1S/C44H62N12O15S/c1-17(57)51-44-53-25(16-72-44)19-3-2-4-20(9-19)52-40(64)18-5-7-22(8-6-18)65-15-21-13-56(55-54-21)14-28-38(70-42-30(50)35(62)33(60)27(12-46)67-42)36(63)43(68-28)71-39-31(58)23(47)10-24(48)37(39)69-41-29(49)34(61)32(59)26(11-45)66-41/h2-9,13,16,23-24,26-39,41-43,58-63H,10-12,14-15,45-50H2,1H3,(H,52,64)(H,51,53,57)/t23-,24+,26-,27-,28?,29-,30-,31+,32-,33-,34-,35-,36?,37-,38?,39-,41-,42-,43?/m1/s1. The number of anilines is 2. The Balaban J connectivity index is 0.931. The molecule has 19 atom stereocenters. The molecule has 4 fully saturated rings. The number of ether oxygens (including phenoxy) is 7. The van der Waals surface area contributed by atoms with Crippen LogP contribution in [0.1, 0.15) is 29.4 Å². The van der Waals surface area contributed by atoms with Crippen molar-refractivity contribution in [1.29, 1.82) is 0 Å². The van der Waals surface area contributed by atoms with Crippen molar-refractivity contribution < 1.29 is 73.4 Å². The molecular formula is C44H62N12O15S. The lowest BCUT2D eigenvalue weighted by Gasteiger charge is -2.47. The number of aromatic nitrogens is 4. The number of carbonyl (C=O) groups excluding carboxylic acids is 2. The molecule has 0 spiro atoms. The SMILES string of the molecule is CC(=O)Nc1nc(-c2cccc(NC(=O)c3ccc(OCc4cn(CC5OC(O[C@@H]6[C@@H](O)[C@H](N)C[C@H](N)[C@H]6O[C@H]6O[C@H](CN)[C@@H](O)[C@H](O)[C@H]6N)C(O)C5O[C@H]5O[C@H](CN)[C@@H](O)[C@H](O)[C@H]5N)nn4)cc3)c2)cs1. The summed E-state index contributed by atoms with van der Waals surface area (Å²) in [6.07, 6.45) is -19.1. The topological polar surface area (TPSA) is 444 Å². The number of thiazole rings is 1. The maximum absolute atomic E-state index is 13.2. The highest BCUT2D eigenvalue weighted by Crippen LogP contribution is 2.35. The number of nitrogens with zero attached hydrogens (tertiary/aromatic N) is 4. The third kappa shape index (κ3) is 11.9. The van der Waals surface area contributed by atoms with Crippen molar-refractivity contribution in [1.82, 2.24) is 20.0 Å². The fourth-order valence-electron chi connectivity index (χ4n) is 8.85.